The Morgan fingerprint density at radius 2 is 2.04 bits per heavy atom. The van der Waals surface area contributed by atoms with E-state index in [1.807, 2.05) is 0 Å². The summed E-state index contributed by atoms with van der Waals surface area (Å²) >= 11 is 0. The monoisotopic (exact) mass is 349 g/mol. The summed E-state index contributed by atoms with van der Waals surface area (Å²) in [6.45, 7) is 6.61. The molecule has 2 bridgehead atoms. The molecule has 4 aliphatic carbocycles. The number of carbonyl (C=O) groups excluding carboxylic acids is 1. The smallest absolute Gasteiger partial charge is 0.165 e. The third-order valence-corrected chi connectivity index (χ3v) is 7.37. The van der Waals surface area contributed by atoms with Crippen molar-refractivity contribution in [2.45, 2.75) is 71.3 Å². The number of ketones is 1. The Bertz CT molecular complexity index is 863. The number of nitriles is 1. The van der Waals surface area contributed by atoms with E-state index in [-0.39, 0.29) is 16.7 Å². The van der Waals surface area contributed by atoms with Crippen molar-refractivity contribution in [1.82, 2.24) is 4.98 Å². The van der Waals surface area contributed by atoms with Crippen molar-refractivity contribution >= 4 is 11.6 Å². The van der Waals surface area contributed by atoms with Gasteiger partial charge in [0, 0.05) is 17.5 Å². The van der Waals surface area contributed by atoms with Crippen LogP contribution in [0.25, 0.3) is 0 Å². The number of carbonyl (C=O) groups is 1. The van der Waals surface area contributed by atoms with Crippen LogP contribution in [-0.4, -0.2) is 16.3 Å². The zero-order chi connectivity index (χ0) is 18.3. The second-order valence-corrected chi connectivity index (χ2v) is 10.5. The predicted octanol–water partition coefficient (Wildman–Crippen LogP) is 4.49. The minimum Gasteiger partial charge on any atom is -0.363 e. The molecular weight excluding hydrogens is 322 g/mol. The molecule has 1 aromatic heterocycles. The zero-order valence-corrected chi connectivity index (χ0v) is 16.0. The molecule has 5 rings (SSSR count). The van der Waals surface area contributed by atoms with Gasteiger partial charge < -0.3 is 5.32 Å². The number of nitrogens with one attached hydrogen (secondary N) is 1. The standard InChI is InChI=1S/C22H27N3O/c1-13-5-21-7-15(21)8-22(6-13,12-21)25-19-14(11-23)4-16-17(24-19)9-20(2,3)10-18(16)26/h4,13,15H,5-10,12H2,1-3H3,(H,24,25). The van der Waals surface area contributed by atoms with E-state index in [1.54, 1.807) is 6.07 Å². The van der Waals surface area contributed by atoms with Crippen molar-refractivity contribution in [3.8, 4) is 6.07 Å². The third-order valence-electron chi connectivity index (χ3n) is 7.37. The quantitative estimate of drug-likeness (QED) is 0.854. The highest BCUT2D eigenvalue weighted by molar-refractivity contribution is 5.99. The first-order valence-corrected chi connectivity index (χ1v) is 9.99. The lowest BCUT2D eigenvalue weighted by atomic mass is 9.72. The Morgan fingerprint density at radius 3 is 2.81 bits per heavy atom. The van der Waals surface area contributed by atoms with Gasteiger partial charge in [-0.25, -0.2) is 4.98 Å². The maximum absolute atomic E-state index is 12.5. The second kappa shape index (κ2) is 4.88. The van der Waals surface area contributed by atoms with Crippen molar-refractivity contribution in [3.63, 3.8) is 0 Å². The van der Waals surface area contributed by atoms with Gasteiger partial charge in [-0.05, 0) is 67.3 Å². The average Bonchev–Trinajstić information content (AvgIpc) is 3.06. The van der Waals surface area contributed by atoms with E-state index >= 15 is 0 Å². The minimum absolute atomic E-state index is 0.0564. The Morgan fingerprint density at radius 1 is 1.23 bits per heavy atom. The summed E-state index contributed by atoms with van der Waals surface area (Å²) in [5.41, 5.74) is 2.67. The van der Waals surface area contributed by atoms with Gasteiger partial charge in [0.2, 0.25) is 0 Å². The van der Waals surface area contributed by atoms with E-state index in [2.05, 4.69) is 32.2 Å². The van der Waals surface area contributed by atoms with E-state index < -0.39 is 0 Å². The molecule has 3 saturated carbocycles. The van der Waals surface area contributed by atoms with Crippen LogP contribution >= 0.6 is 0 Å². The molecule has 1 N–H and O–H groups in total. The fourth-order valence-corrected chi connectivity index (χ4v) is 6.62. The second-order valence-electron chi connectivity index (χ2n) is 10.5. The number of hydrogen-bond donors (Lipinski definition) is 1. The van der Waals surface area contributed by atoms with Gasteiger partial charge in [0.05, 0.1) is 11.3 Å². The van der Waals surface area contributed by atoms with Crippen LogP contribution in [0.1, 0.15) is 80.9 Å². The average molecular weight is 349 g/mol. The molecule has 1 heterocycles. The van der Waals surface area contributed by atoms with Crippen LogP contribution in [0.4, 0.5) is 5.82 Å². The number of aromatic nitrogens is 1. The summed E-state index contributed by atoms with van der Waals surface area (Å²) in [4.78, 5) is 17.4. The van der Waals surface area contributed by atoms with Crippen LogP contribution in [0.15, 0.2) is 6.07 Å². The Balaban J connectivity index is 1.52. The maximum atomic E-state index is 12.5. The van der Waals surface area contributed by atoms with Gasteiger partial charge in [0.15, 0.2) is 5.78 Å². The van der Waals surface area contributed by atoms with Gasteiger partial charge >= 0.3 is 0 Å². The van der Waals surface area contributed by atoms with E-state index in [4.69, 9.17) is 4.98 Å². The minimum atomic E-state index is -0.0564. The predicted molar refractivity (Wildman–Crippen MR) is 99.9 cm³/mol. The van der Waals surface area contributed by atoms with Crippen LogP contribution in [-0.2, 0) is 6.42 Å². The topological polar surface area (TPSA) is 65.8 Å². The summed E-state index contributed by atoms with van der Waals surface area (Å²) < 4.78 is 0. The molecule has 0 aromatic carbocycles. The summed E-state index contributed by atoms with van der Waals surface area (Å²) in [5, 5.41) is 13.4. The van der Waals surface area contributed by atoms with Crippen LogP contribution in [0.5, 0.6) is 0 Å². The van der Waals surface area contributed by atoms with E-state index in [1.165, 1.54) is 32.1 Å². The normalized spacial score (nSPS) is 38.9. The highest BCUT2D eigenvalue weighted by atomic mass is 16.1. The van der Waals surface area contributed by atoms with E-state index in [0.29, 0.717) is 28.8 Å². The SMILES string of the molecule is CC1CC2(Nc3nc4c(cc3C#N)C(=O)CC(C)(C)C4)CC3CC3(C1)C2. The molecule has 0 radical (unpaired) electrons. The third kappa shape index (κ3) is 2.32. The lowest BCUT2D eigenvalue weighted by Crippen LogP contribution is -2.43. The molecule has 1 spiro atoms. The number of anilines is 1. The fraction of sp³-hybridized carbons (Fsp3) is 0.682. The molecule has 136 valence electrons. The number of Topliss-reactive ketones (excluding diaryl/α,β-unsaturated/α-hetero) is 1. The van der Waals surface area contributed by atoms with Crippen LogP contribution in [0, 0.1) is 34.0 Å². The van der Waals surface area contributed by atoms with Crippen molar-refractivity contribution in [2.24, 2.45) is 22.7 Å². The Labute approximate surface area is 155 Å². The number of fused-ring (bicyclic) bond motifs is 2. The first kappa shape index (κ1) is 16.3. The molecule has 4 heteroatoms. The number of pyridine rings is 1. The summed E-state index contributed by atoms with van der Waals surface area (Å²) in [5.74, 6) is 2.43. The summed E-state index contributed by atoms with van der Waals surface area (Å²) in [6, 6.07) is 4.07. The first-order valence-electron chi connectivity index (χ1n) is 9.99. The molecular formula is C22H27N3O. The molecule has 26 heavy (non-hydrogen) atoms. The molecule has 4 nitrogen and oxygen atoms in total. The molecule has 0 aliphatic heterocycles. The molecule has 0 amide bonds. The maximum Gasteiger partial charge on any atom is 0.165 e. The lowest BCUT2D eigenvalue weighted by Gasteiger charge is -2.41. The number of hydrogen-bond acceptors (Lipinski definition) is 4. The van der Waals surface area contributed by atoms with Crippen LogP contribution in [0.2, 0.25) is 0 Å². The van der Waals surface area contributed by atoms with Crippen molar-refractivity contribution in [2.75, 3.05) is 5.32 Å². The number of rotatable bonds is 2. The van der Waals surface area contributed by atoms with Crippen molar-refractivity contribution < 1.29 is 4.79 Å². The largest absolute Gasteiger partial charge is 0.363 e. The first-order chi connectivity index (χ1) is 12.2. The van der Waals surface area contributed by atoms with Crippen LogP contribution < -0.4 is 5.32 Å². The van der Waals surface area contributed by atoms with Gasteiger partial charge in [0.1, 0.15) is 11.9 Å². The van der Waals surface area contributed by atoms with E-state index in [0.717, 1.165) is 24.0 Å². The Kier molecular flexibility index (Phi) is 3.06. The Hall–Kier alpha value is -1.89. The summed E-state index contributed by atoms with van der Waals surface area (Å²) in [6.07, 6.45) is 7.70. The van der Waals surface area contributed by atoms with Gasteiger partial charge in [-0.2, -0.15) is 5.26 Å². The van der Waals surface area contributed by atoms with Crippen molar-refractivity contribution in [3.05, 3.63) is 22.9 Å². The molecule has 4 atom stereocenters. The summed E-state index contributed by atoms with van der Waals surface area (Å²) in [7, 11) is 0. The molecule has 0 saturated heterocycles. The van der Waals surface area contributed by atoms with E-state index in [9.17, 15) is 10.1 Å². The molecule has 4 aliphatic rings. The van der Waals surface area contributed by atoms with Gasteiger partial charge in [-0.15, -0.1) is 0 Å². The molecule has 3 fully saturated rings. The number of nitrogens with zero attached hydrogens (tertiary/aromatic N) is 2. The highest BCUT2D eigenvalue weighted by Crippen LogP contribution is 2.73. The van der Waals surface area contributed by atoms with Gasteiger partial charge in [-0.3, -0.25) is 4.79 Å². The fourth-order valence-electron chi connectivity index (χ4n) is 6.62. The van der Waals surface area contributed by atoms with Crippen molar-refractivity contribution in [1.29, 1.82) is 5.26 Å². The molecule has 1 aromatic rings. The zero-order valence-electron chi connectivity index (χ0n) is 16.0. The van der Waals surface area contributed by atoms with Gasteiger partial charge in [-0.1, -0.05) is 20.8 Å². The highest BCUT2D eigenvalue weighted by Gasteiger charge is 2.67. The lowest BCUT2D eigenvalue weighted by molar-refractivity contribution is 0.0910. The molecule has 4 unspecified atom stereocenters. The van der Waals surface area contributed by atoms with Gasteiger partial charge in [0.25, 0.3) is 0 Å². The van der Waals surface area contributed by atoms with Crippen LogP contribution in [0.3, 0.4) is 0 Å².